The lowest BCUT2D eigenvalue weighted by Gasteiger charge is -2.42. The Morgan fingerprint density at radius 2 is 2.04 bits per heavy atom. The van der Waals surface area contributed by atoms with Crippen molar-refractivity contribution in [3.63, 3.8) is 0 Å². The van der Waals surface area contributed by atoms with Gasteiger partial charge in [0, 0.05) is 30.4 Å². The fourth-order valence-corrected chi connectivity index (χ4v) is 3.49. The van der Waals surface area contributed by atoms with Gasteiger partial charge in [0.2, 0.25) is 0 Å². The number of hydrogen-bond acceptors (Lipinski definition) is 4. The van der Waals surface area contributed by atoms with Crippen molar-refractivity contribution in [1.29, 1.82) is 0 Å². The fourth-order valence-electron chi connectivity index (χ4n) is 3.49. The summed E-state index contributed by atoms with van der Waals surface area (Å²) in [6, 6.07) is 5.69. The number of nitrogens with zero attached hydrogens (tertiary/aromatic N) is 1. The van der Waals surface area contributed by atoms with E-state index in [1.807, 2.05) is 32.0 Å². The smallest absolute Gasteiger partial charge is 0.319 e. The summed E-state index contributed by atoms with van der Waals surface area (Å²) in [7, 11) is 0. The summed E-state index contributed by atoms with van der Waals surface area (Å²) in [6.07, 6.45) is 4.00. The third-order valence-electron chi connectivity index (χ3n) is 5.24. The minimum absolute atomic E-state index is 0.0855. The van der Waals surface area contributed by atoms with E-state index in [1.165, 1.54) is 12.8 Å². The lowest BCUT2D eigenvalue weighted by molar-refractivity contribution is -0.139. The number of urea groups is 1. The van der Waals surface area contributed by atoms with Gasteiger partial charge in [-0.3, -0.25) is 9.69 Å². The van der Waals surface area contributed by atoms with Crippen molar-refractivity contribution in [2.75, 3.05) is 25.0 Å². The molecule has 0 aromatic heterocycles. The molecule has 0 aliphatic heterocycles. The summed E-state index contributed by atoms with van der Waals surface area (Å²) in [5.74, 6) is 0.637. The Balaban J connectivity index is 1.45. The Morgan fingerprint density at radius 3 is 2.67 bits per heavy atom. The van der Waals surface area contributed by atoms with Crippen LogP contribution < -0.4 is 15.4 Å². The molecule has 0 spiro atoms. The molecular weight excluding hydrogens is 346 g/mol. The highest BCUT2D eigenvalue weighted by molar-refractivity contribution is 5.89. The predicted octanol–water partition coefficient (Wildman–Crippen LogP) is 2.84. The Labute approximate surface area is 160 Å². The van der Waals surface area contributed by atoms with Crippen LogP contribution in [0.3, 0.4) is 0 Å². The predicted molar refractivity (Wildman–Crippen MR) is 103 cm³/mol. The monoisotopic (exact) mass is 375 g/mol. The van der Waals surface area contributed by atoms with Crippen molar-refractivity contribution in [2.24, 2.45) is 5.92 Å². The molecule has 7 heteroatoms. The Hall–Kier alpha value is -2.28. The summed E-state index contributed by atoms with van der Waals surface area (Å²) in [5.41, 5.74) is 1.72. The lowest BCUT2D eigenvalue weighted by atomic mass is 9.85. The van der Waals surface area contributed by atoms with Gasteiger partial charge in [-0.25, -0.2) is 4.79 Å². The minimum atomic E-state index is -0.783. The number of rotatable bonds is 9. The summed E-state index contributed by atoms with van der Waals surface area (Å²) in [6.45, 7) is 5.42. The molecule has 2 aliphatic rings. The van der Waals surface area contributed by atoms with E-state index >= 15 is 0 Å². The second-order valence-electron chi connectivity index (χ2n) is 7.60. The Morgan fingerprint density at radius 1 is 1.30 bits per heavy atom. The van der Waals surface area contributed by atoms with E-state index in [1.54, 1.807) is 0 Å². The zero-order valence-electron chi connectivity index (χ0n) is 16.0. The average Bonchev–Trinajstić information content (AvgIpc) is 3.37. The van der Waals surface area contributed by atoms with Crippen molar-refractivity contribution in [3.05, 3.63) is 23.8 Å². The van der Waals surface area contributed by atoms with E-state index in [4.69, 9.17) is 9.84 Å². The molecule has 0 unspecified atom stereocenters. The van der Waals surface area contributed by atoms with Gasteiger partial charge in [-0.1, -0.05) is 6.07 Å². The number of hydrogen-bond donors (Lipinski definition) is 3. The molecule has 0 atom stereocenters. The number of carboxylic acids is 1. The SMILES string of the molecule is CCOc1cc(NC(=O)NC2CC(N(CC(=O)O)CC3CC3)C2)ccc1C. The number of amides is 2. The lowest BCUT2D eigenvalue weighted by Crippen LogP contribution is -2.55. The largest absolute Gasteiger partial charge is 0.494 e. The van der Waals surface area contributed by atoms with Crippen molar-refractivity contribution < 1.29 is 19.4 Å². The van der Waals surface area contributed by atoms with Gasteiger partial charge in [0.25, 0.3) is 0 Å². The van der Waals surface area contributed by atoms with E-state index < -0.39 is 5.97 Å². The second-order valence-corrected chi connectivity index (χ2v) is 7.60. The van der Waals surface area contributed by atoms with Crippen LogP contribution in [0.1, 0.15) is 38.2 Å². The third kappa shape index (κ3) is 5.60. The molecule has 0 bridgehead atoms. The topological polar surface area (TPSA) is 90.9 Å². The van der Waals surface area contributed by atoms with E-state index in [9.17, 15) is 9.59 Å². The van der Waals surface area contributed by atoms with Gasteiger partial charge in [0.05, 0.1) is 13.2 Å². The van der Waals surface area contributed by atoms with Crippen molar-refractivity contribution in [3.8, 4) is 5.75 Å². The molecule has 7 nitrogen and oxygen atoms in total. The van der Waals surface area contributed by atoms with Crippen LogP contribution in [0.15, 0.2) is 18.2 Å². The first kappa shape index (κ1) is 19.5. The quantitative estimate of drug-likeness (QED) is 0.617. The first-order valence-corrected chi connectivity index (χ1v) is 9.71. The van der Waals surface area contributed by atoms with Gasteiger partial charge >= 0.3 is 12.0 Å². The molecule has 1 aromatic rings. The van der Waals surface area contributed by atoms with Gasteiger partial charge in [-0.2, -0.15) is 0 Å². The maximum Gasteiger partial charge on any atom is 0.319 e. The first-order chi connectivity index (χ1) is 12.9. The molecule has 2 fully saturated rings. The van der Waals surface area contributed by atoms with Crippen LogP contribution in [0.5, 0.6) is 5.75 Å². The van der Waals surface area contributed by atoms with E-state index in [2.05, 4.69) is 15.5 Å². The number of nitrogens with one attached hydrogen (secondary N) is 2. The molecule has 0 heterocycles. The number of benzene rings is 1. The highest BCUT2D eigenvalue weighted by atomic mass is 16.5. The summed E-state index contributed by atoms with van der Waals surface area (Å²) in [5, 5.41) is 14.9. The van der Waals surface area contributed by atoms with Gasteiger partial charge in [-0.05, 0) is 57.1 Å². The van der Waals surface area contributed by atoms with Crippen LogP contribution in [-0.2, 0) is 4.79 Å². The number of ether oxygens (including phenoxy) is 1. The van der Waals surface area contributed by atoms with E-state index in [-0.39, 0.29) is 24.7 Å². The van der Waals surface area contributed by atoms with Crippen molar-refractivity contribution in [1.82, 2.24) is 10.2 Å². The fraction of sp³-hybridized carbons (Fsp3) is 0.600. The van der Waals surface area contributed by atoms with E-state index in [0.29, 0.717) is 18.2 Å². The van der Waals surface area contributed by atoms with Crippen LogP contribution in [-0.4, -0.2) is 53.8 Å². The third-order valence-corrected chi connectivity index (χ3v) is 5.24. The molecule has 27 heavy (non-hydrogen) atoms. The van der Waals surface area contributed by atoms with Crippen LogP contribution in [0.4, 0.5) is 10.5 Å². The zero-order valence-corrected chi connectivity index (χ0v) is 16.0. The van der Waals surface area contributed by atoms with Gasteiger partial charge in [-0.15, -0.1) is 0 Å². The molecule has 2 saturated carbocycles. The molecule has 0 radical (unpaired) electrons. The number of aliphatic carboxylic acids is 1. The summed E-state index contributed by atoms with van der Waals surface area (Å²) < 4.78 is 5.56. The van der Waals surface area contributed by atoms with Crippen LogP contribution >= 0.6 is 0 Å². The van der Waals surface area contributed by atoms with Crippen molar-refractivity contribution in [2.45, 2.75) is 51.6 Å². The molecule has 0 saturated heterocycles. The summed E-state index contributed by atoms with van der Waals surface area (Å²) >= 11 is 0. The zero-order chi connectivity index (χ0) is 19.4. The normalized spacial score (nSPS) is 21.4. The van der Waals surface area contributed by atoms with Crippen LogP contribution in [0.2, 0.25) is 0 Å². The first-order valence-electron chi connectivity index (χ1n) is 9.71. The van der Waals surface area contributed by atoms with Crippen molar-refractivity contribution >= 4 is 17.7 Å². The molecular formula is C20H29N3O4. The molecule has 148 valence electrons. The standard InChI is InChI=1S/C20H29N3O4/c1-3-27-18-10-15(7-4-13(18)2)21-20(26)22-16-8-17(9-16)23(12-19(24)25)11-14-5-6-14/h4,7,10,14,16-17H,3,5-6,8-9,11-12H2,1-2H3,(H,24,25)(H2,21,22,26). The molecule has 2 amide bonds. The number of anilines is 1. The molecule has 1 aromatic carbocycles. The van der Waals surface area contributed by atoms with Gasteiger partial charge in [0.15, 0.2) is 0 Å². The minimum Gasteiger partial charge on any atom is -0.494 e. The van der Waals surface area contributed by atoms with Crippen LogP contribution in [0, 0.1) is 12.8 Å². The Bertz CT molecular complexity index is 684. The average molecular weight is 375 g/mol. The molecule has 3 rings (SSSR count). The maximum atomic E-state index is 12.2. The van der Waals surface area contributed by atoms with E-state index in [0.717, 1.165) is 30.7 Å². The van der Waals surface area contributed by atoms with Gasteiger partial charge in [0.1, 0.15) is 5.75 Å². The Kier molecular flexibility index (Phi) is 6.21. The summed E-state index contributed by atoms with van der Waals surface area (Å²) in [4.78, 5) is 25.4. The number of carboxylic acid groups (broad SMARTS) is 1. The highest BCUT2D eigenvalue weighted by Gasteiger charge is 2.37. The number of carbonyl (C=O) groups is 2. The molecule has 2 aliphatic carbocycles. The maximum absolute atomic E-state index is 12.2. The highest BCUT2D eigenvalue weighted by Crippen LogP contribution is 2.33. The number of aryl methyl sites for hydroxylation is 1. The van der Waals surface area contributed by atoms with Gasteiger partial charge < -0.3 is 20.5 Å². The number of carbonyl (C=O) groups excluding carboxylic acids is 1. The second kappa shape index (κ2) is 8.61. The molecule has 3 N–H and O–H groups in total. The van der Waals surface area contributed by atoms with Crippen LogP contribution in [0.25, 0.3) is 0 Å².